The van der Waals surface area contributed by atoms with Gasteiger partial charge in [-0.15, -0.1) is 0 Å². The first-order valence-electron chi connectivity index (χ1n) is 12.2. The molecule has 5 nitrogen and oxygen atoms in total. The average molecular weight is 465 g/mol. The maximum Gasteiger partial charge on any atom is 0.260 e. The first-order valence-corrected chi connectivity index (χ1v) is 12.2. The van der Waals surface area contributed by atoms with E-state index in [0.717, 1.165) is 56.7 Å². The molecule has 34 heavy (non-hydrogen) atoms. The van der Waals surface area contributed by atoms with E-state index in [1.807, 2.05) is 13.0 Å². The summed E-state index contributed by atoms with van der Waals surface area (Å²) in [6.45, 7) is 7.94. The van der Waals surface area contributed by atoms with Gasteiger partial charge in [0.1, 0.15) is 11.6 Å². The Bertz CT molecular complexity index is 1070. The van der Waals surface area contributed by atoms with Crippen LogP contribution in [0.3, 0.4) is 0 Å². The maximum atomic E-state index is 13.9. The molecule has 2 aromatic rings. The van der Waals surface area contributed by atoms with Crippen molar-refractivity contribution in [2.75, 3.05) is 31.7 Å². The normalized spacial score (nSPS) is 18.0. The van der Waals surface area contributed by atoms with Crippen LogP contribution < -0.4 is 10.6 Å². The number of amides is 1. The molecule has 0 bridgehead atoms. The minimum atomic E-state index is -0.385. The fourth-order valence-corrected chi connectivity index (χ4v) is 4.48. The molecule has 1 saturated heterocycles. The number of ether oxygens (including phenoxy) is 2. The standard InChI is InChI=1S/C28H33FN2O3/c1-3-21(22-7-5-19(6-8-22)17-30-18-20-11-13-33-14-12-20)15-26(34-4-2)27-24-16-23(29)9-10-25(24)31-28(27)32/h5-10,15-16,20,30H,3-4,11-14,17-18H2,1-2H3,(H,31,32)/b21-15+,27-26+. The average Bonchev–Trinajstić information content (AvgIpc) is 3.18. The molecule has 4 rings (SSSR count). The Balaban J connectivity index is 1.52. The highest BCUT2D eigenvalue weighted by atomic mass is 19.1. The number of halogens is 1. The van der Waals surface area contributed by atoms with Gasteiger partial charge in [-0.3, -0.25) is 4.79 Å². The summed E-state index contributed by atoms with van der Waals surface area (Å²) < 4.78 is 25.2. The van der Waals surface area contributed by atoms with Crippen LogP contribution in [0.1, 0.15) is 49.8 Å². The Hall–Kier alpha value is -2.96. The molecule has 2 aliphatic rings. The maximum absolute atomic E-state index is 13.9. The zero-order valence-corrected chi connectivity index (χ0v) is 20.0. The molecule has 0 radical (unpaired) electrons. The van der Waals surface area contributed by atoms with Gasteiger partial charge in [0.25, 0.3) is 5.91 Å². The van der Waals surface area contributed by atoms with Gasteiger partial charge < -0.3 is 20.1 Å². The molecule has 2 N–H and O–H groups in total. The quantitative estimate of drug-likeness (QED) is 0.378. The van der Waals surface area contributed by atoms with E-state index in [4.69, 9.17) is 9.47 Å². The van der Waals surface area contributed by atoms with Crippen molar-refractivity contribution in [1.82, 2.24) is 5.32 Å². The second-order valence-corrected chi connectivity index (χ2v) is 8.72. The Morgan fingerprint density at radius 3 is 2.65 bits per heavy atom. The van der Waals surface area contributed by atoms with Gasteiger partial charge in [0.2, 0.25) is 0 Å². The fourth-order valence-electron chi connectivity index (χ4n) is 4.48. The Morgan fingerprint density at radius 1 is 1.18 bits per heavy atom. The monoisotopic (exact) mass is 464 g/mol. The number of rotatable bonds is 9. The predicted octanol–water partition coefficient (Wildman–Crippen LogP) is 5.54. The molecule has 2 aromatic carbocycles. The molecule has 0 aliphatic carbocycles. The van der Waals surface area contributed by atoms with Crippen LogP contribution in [0.2, 0.25) is 0 Å². The summed E-state index contributed by atoms with van der Waals surface area (Å²) in [7, 11) is 0. The van der Waals surface area contributed by atoms with Crippen molar-refractivity contribution in [2.45, 2.75) is 39.7 Å². The van der Waals surface area contributed by atoms with Gasteiger partial charge in [-0.05, 0) is 79.6 Å². The summed E-state index contributed by atoms with van der Waals surface area (Å²) in [4.78, 5) is 12.7. The lowest BCUT2D eigenvalue weighted by molar-refractivity contribution is -0.110. The van der Waals surface area contributed by atoms with Crippen molar-refractivity contribution in [3.05, 3.63) is 76.8 Å². The largest absolute Gasteiger partial charge is 0.493 e. The smallest absolute Gasteiger partial charge is 0.260 e. The minimum absolute atomic E-state index is 0.276. The predicted molar refractivity (Wildman–Crippen MR) is 134 cm³/mol. The van der Waals surface area contributed by atoms with Crippen molar-refractivity contribution in [3.8, 4) is 0 Å². The number of fused-ring (bicyclic) bond motifs is 1. The lowest BCUT2D eigenvalue weighted by Gasteiger charge is -2.22. The summed E-state index contributed by atoms with van der Waals surface area (Å²) in [6.07, 6.45) is 4.94. The zero-order chi connectivity index (χ0) is 23.9. The van der Waals surface area contributed by atoms with E-state index in [2.05, 4.69) is 41.8 Å². The Kier molecular flexibility index (Phi) is 8.14. The van der Waals surface area contributed by atoms with Gasteiger partial charge in [-0.1, -0.05) is 31.2 Å². The van der Waals surface area contributed by atoms with Gasteiger partial charge in [0.15, 0.2) is 0 Å². The van der Waals surface area contributed by atoms with Crippen LogP contribution in [0.4, 0.5) is 10.1 Å². The molecule has 6 heteroatoms. The Morgan fingerprint density at radius 2 is 1.94 bits per heavy atom. The molecular weight excluding hydrogens is 431 g/mol. The van der Waals surface area contributed by atoms with Crippen molar-refractivity contribution in [1.29, 1.82) is 0 Å². The zero-order valence-electron chi connectivity index (χ0n) is 20.0. The SMILES string of the molecule is CCOC(/C=C(\CC)c1ccc(CNCC2CCOCC2)cc1)=C1/C(=O)Nc2ccc(F)cc21. The number of hydrogen-bond acceptors (Lipinski definition) is 4. The van der Waals surface area contributed by atoms with E-state index < -0.39 is 0 Å². The second kappa shape index (κ2) is 11.4. The summed E-state index contributed by atoms with van der Waals surface area (Å²) in [5, 5.41) is 6.37. The van der Waals surface area contributed by atoms with E-state index in [9.17, 15) is 9.18 Å². The van der Waals surface area contributed by atoms with Crippen LogP contribution in [0.5, 0.6) is 0 Å². The molecule has 0 atom stereocenters. The van der Waals surface area contributed by atoms with Crippen LogP contribution in [0.25, 0.3) is 11.1 Å². The van der Waals surface area contributed by atoms with Crippen LogP contribution >= 0.6 is 0 Å². The van der Waals surface area contributed by atoms with E-state index in [1.165, 1.54) is 17.7 Å². The summed E-state index contributed by atoms with van der Waals surface area (Å²) in [5.41, 5.74) is 4.86. The number of hydrogen-bond donors (Lipinski definition) is 2. The van der Waals surface area contributed by atoms with Gasteiger partial charge in [-0.2, -0.15) is 0 Å². The molecule has 2 aliphatic heterocycles. The van der Waals surface area contributed by atoms with Gasteiger partial charge in [0, 0.05) is 31.0 Å². The molecule has 2 heterocycles. The number of nitrogens with one attached hydrogen (secondary N) is 2. The second-order valence-electron chi connectivity index (χ2n) is 8.72. The lowest BCUT2D eigenvalue weighted by Crippen LogP contribution is -2.27. The molecule has 1 amide bonds. The summed E-state index contributed by atoms with van der Waals surface area (Å²) in [5.74, 6) is 0.494. The molecule has 1 fully saturated rings. The topological polar surface area (TPSA) is 59.6 Å². The highest BCUT2D eigenvalue weighted by molar-refractivity contribution is 6.32. The summed E-state index contributed by atoms with van der Waals surface area (Å²) in [6, 6.07) is 12.8. The molecular formula is C28H33FN2O3. The third-order valence-corrected chi connectivity index (χ3v) is 6.39. The van der Waals surface area contributed by atoms with Crippen LogP contribution in [0.15, 0.2) is 54.3 Å². The lowest BCUT2D eigenvalue weighted by atomic mass is 9.98. The molecule has 0 spiro atoms. The van der Waals surface area contributed by atoms with E-state index >= 15 is 0 Å². The number of anilines is 1. The van der Waals surface area contributed by atoms with E-state index in [1.54, 1.807) is 6.07 Å². The van der Waals surface area contributed by atoms with Crippen LogP contribution in [-0.2, 0) is 20.8 Å². The highest BCUT2D eigenvalue weighted by Crippen LogP contribution is 2.36. The number of allylic oxidation sites excluding steroid dienone is 2. The van der Waals surface area contributed by atoms with Crippen LogP contribution in [-0.4, -0.2) is 32.3 Å². The molecule has 0 saturated carbocycles. The van der Waals surface area contributed by atoms with Crippen molar-refractivity contribution in [2.24, 2.45) is 5.92 Å². The third kappa shape index (κ3) is 5.75. The number of benzene rings is 2. The van der Waals surface area contributed by atoms with E-state index in [0.29, 0.717) is 35.1 Å². The van der Waals surface area contributed by atoms with Gasteiger partial charge >= 0.3 is 0 Å². The highest BCUT2D eigenvalue weighted by Gasteiger charge is 2.28. The van der Waals surface area contributed by atoms with Crippen molar-refractivity contribution < 1.29 is 18.7 Å². The molecule has 0 unspecified atom stereocenters. The Labute approximate surface area is 201 Å². The van der Waals surface area contributed by atoms with E-state index in [-0.39, 0.29) is 11.7 Å². The molecule has 0 aromatic heterocycles. The number of carbonyl (C=O) groups excluding carboxylic acids is 1. The summed E-state index contributed by atoms with van der Waals surface area (Å²) >= 11 is 0. The minimum Gasteiger partial charge on any atom is -0.493 e. The third-order valence-electron chi connectivity index (χ3n) is 6.39. The van der Waals surface area contributed by atoms with Crippen LogP contribution in [0, 0.1) is 11.7 Å². The first-order chi connectivity index (χ1) is 16.6. The van der Waals surface area contributed by atoms with Gasteiger partial charge in [0.05, 0.1) is 12.2 Å². The number of carbonyl (C=O) groups is 1. The first kappa shape index (κ1) is 24.2. The van der Waals surface area contributed by atoms with Crippen molar-refractivity contribution >= 4 is 22.7 Å². The fraction of sp³-hybridized carbons (Fsp3) is 0.393. The van der Waals surface area contributed by atoms with Gasteiger partial charge in [-0.25, -0.2) is 4.39 Å². The van der Waals surface area contributed by atoms with Crippen molar-refractivity contribution in [3.63, 3.8) is 0 Å². The molecule has 180 valence electrons.